The highest BCUT2D eigenvalue weighted by molar-refractivity contribution is 5.38. The second kappa shape index (κ2) is 6.29. The fraction of sp³-hybridized carbons (Fsp3) is 0.0526. The van der Waals surface area contributed by atoms with Crippen molar-refractivity contribution < 1.29 is 0 Å². The van der Waals surface area contributed by atoms with Gasteiger partial charge in [-0.3, -0.25) is 23.4 Å². The Morgan fingerprint density at radius 3 is 2.38 bits per heavy atom. The number of rotatable bonds is 3. The first-order valence-electron chi connectivity index (χ1n) is 7.98. The number of pyridine rings is 1. The molecule has 0 aliphatic rings. The highest BCUT2D eigenvalue weighted by atomic mass is 16.2. The molecule has 128 valence electrons. The van der Waals surface area contributed by atoms with Crippen molar-refractivity contribution >= 4 is 5.65 Å². The molecule has 0 saturated carbocycles. The quantitative estimate of drug-likeness (QED) is 0.520. The summed E-state index contributed by atoms with van der Waals surface area (Å²) in [6, 6.07) is 15.5. The zero-order valence-corrected chi connectivity index (χ0v) is 13.6. The summed E-state index contributed by atoms with van der Waals surface area (Å²) in [6.45, 7) is 0.0460. The van der Waals surface area contributed by atoms with Gasteiger partial charge in [0.2, 0.25) is 0 Å². The molecule has 3 heterocycles. The third kappa shape index (κ3) is 2.75. The van der Waals surface area contributed by atoms with Crippen molar-refractivity contribution in [3.63, 3.8) is 0 Å². The van der Waals surface area contributed by atoms with Crippen LogP contribution in [0, 0.1) is 0 Å². The molecule has 0 aliphatic carbocycles. The van der Waals surface area contributed by atoms with E-state index >= 15 is 0 Å². The molecule has 7 heteroatoms. The van der Waals surface area contributed by atoms with E-state index in [-0.39, 0.29) is 12.1 Å². The molecule has 4 rings (SSSR count). The first-order valence-corrected chi connectivity index (χ1v) is 7.98. The zero-order chi connectivity index (χ0) is 18.1. The number of para-hydroxylation sites is 1. The van der Waals surface area contributed by atoms with Crippen LogP contribution in [0.25, 0.3) is 11.3 Å². The van der Waals surface area contributed by atoms with Crippen molar-refractivity contribution in [2.45, 2.75) is 6.54 Å². The topological polar surface area (TPSA) is 78.4 Å². The van der Waals surface area contributed by atoms with Crippen molar-refractivity contribution in [1.29, 1.82) is 0 Å². The molecule has 0 N–H and O–H groups in total. The lowest BCUT2D eigenvalue weighted by Crippen LogP contribution is -2.40. The van der Waals surface area contributed by atoms with E-state index in [0.717, 1.165) is 0 Å². The van der Waals surface area contributed by atoms with Crippen molar-refractivity contribution in [2.24, 2.45) is 0 Å². The van der Waals surface area contributed by atoms with E-state index in [1.165, 1.54) is 32.0 Å². The monoisotopic (exact) mass is 346 g/mol. The van der Waals surface area contributed by atoms with Gasteiger partial charge in [-0.15, -0.1) is 0 Å². The standard InChI is InChI=1S/C19H14N4O3/c24-17-12-14(20-16-8-4-5-9-23(16)17)13-21-10-11-22(19(26)18(21)25)15-6-2-1-3-7-15/h1-12H,13H2. The summed E-state index contributed by atoms with van der Waals surface area (Å²) in [5.41, 5.74) is -0.0523. The summed E-state index contributed by atoms with van der Waals surface area (Å²) in [4.78, 5) is 41.4. The molecule has 0 amide bonds. The van der Waals surface area contributed by atoms with E-state index in [1.807, 2.05) is 6.07 Å². The molecule has 0 bridgehead atoms. The Morgan fingerprint density at radius 2 is 1.58 bits per heavy atom. The summed E-state index contributed by atoms with van der Waals surface area (Å²) in [6.07, 6.45) is 4.68. The Morgan fingerprint density at radius 1 is 0.808 bits per heavy atom. The van der Waals surface area contributed by atoms with Gasteiger partial charge >= 0.3 is 11.1 Å². The van der Waals surface area contributed by atoms with Crippen LogP contribution in [0.15, 0.2) is 87.6 Å². The molecule has 7 nitrogen and oxygen atoms in total. The average Bonchev–Trinajstić information content (AvgIpc) is 2.66. The van der Waals surface area contributed by atoms with Crippen molar-refractivity contribution in [3.05, 3.63) is 110 Å². The Balaban J connectivity index is 1.76. The van der Waals surface area contributed by atoms with Crippen LogP contribution >= 0.6 is 0 Å². The lowest BCUT2D eigenvalue weighted by atomic mass is 10.3. The van der Waals surface area contributed by atoms with Crippen LogP contribution in [0.2, 0.25) is 0 Å². The van der Waals surface area contributed by atoms with E-state index in [1.54, 1.807) is 48.7 Å². The van der Waals surface area contributed by atoms with E-state index in [0.29, 0.717) is 17.0 Å². The molecule has 0 aliphatic heterocycles. The number of hydrogen-bond donors (Lipinski definition) is 0. The lowest BCUT2D eigenvalue weighted by molar-refractivity contribution is 0.702. The summed E-state index contributed by atoms with van der Waals surface area (Å²) >= 11 is 0. The van der Waals surface area contributed by atoms with Crippen LogP contribution in [-0.2, 0) is 6.54 Å². The maximum absolute atomic E-state index is 12.4. The molecule has 0 fully saturated rings. The predicted molar refractivity (Wildman–Crippen MR) is 96.9 cm³/mol. The summed E-state index contributed by atoms with van der Waals surface area (Å²) < 4.78 is 3.96. The van der Waals surface area contributed by atoms with Gasteiger partial charge in [-0.1, -0.05) is 24.3 Å². The van der Waals surface area contributed by atoms with Gasteiger partial charge in [-0.2, -0.15) is 0 Å². The van der Waals surface area contributed by atoms with Crippen molar-refractivity contribution in [3.8, 4) is 5.69 Å². The van der Waals surface area contributed by atoms with E-state index in [9.17, 15) is 14.4 Å². The molecular weight excluding hydrogens is 332 g/mol. The highest BCUT2D eigenvalue weighted by Crippen LogP contribution is 2.03. The molecule has 4 aromatic rings. The van der Waals surface area contributed by atoms with Gasteiger partial charge in [-0.05, 0) is 24.3 Å². The molecule has 1 aromatic carbocycles. The molecule has 0 unspecified atom stereocenters. The number of hydrogen-bond acceptors (Lipinski definition) is 4. The number of aromatic nitrogens is 4. The largest absolute Gasteiger partial charge is 0.320 e. The predicted octanol–water partition coefficient (Wildman–Crippen LogP) is 1.06. The first kappa shape index (κ1) is 15.8. The fourth-order valence-corrected chi connectivity index (χ4v) is 2.78. The lowest BCUT2D eigenvalue weighted by Gasteiger charge is -2.09. The Labute approximate surface area is 147 Å². The van der Waals surface area contributed by atoms with Crippen molar-refractivity contribution in [2.75, 3.05) is 0 Å². The Hall–Kier alpha value is -3.74. The minimum absolute atomic E-state index is 0.0460. The van der Waals surface area contributed by atoms with Gasteiger partial charge in [0.05, 0.1) is 12.2 Å². The minimum atomic E-state index is -0.675. The molecule has 0 saturated heterocycles. The van der Waals surface area contributed by atoms with Crippen LogP contribution < -0.4 is 16.7 Å². The molecule has 3 aromatic heterocycles. The maximum atomic E-state index is 12.4. The summed E-state index contributed by atoms with van der Waals surface area (Å²) in [7, 11) is 0. The Bertz CT molecular complexity index is 1270. The SMILES string of the molecule is O=c1c(=O)n(-c2ccccc2)ccn1Cc1cc(=O)n2ccccc2n1. The number of fused-ring (bicyclic) bond motifs is 1. The second-order valence-electron chi connectivity index (χ2n) is 5.76. The highest BCUT2D eigenvalue weighted by Gasteiger charge is 2.09. The minimum Gasteiger partial charge on any atom is -0.303 e. The van der Waals surface area contributed by atoms with E-state index < -0.39 is 11.1 Å². The normalized spacial score (nSPS) is 10.9. The van der Waals surface area contributed by atoms with Crippen molar-refractivity contribution in [1.82, 2.24) is 18.5 Å². The van der Waals surface area contributed by atoms with Gasteiger partial charge in [0.1, 0.15) is 5.65 Å². The fourth-order valence-electron chi connectivity index (χ4n) is 2.78. The molecule has 26 heavy (non-hydrogen) atoms. The number of nitrogens with zero attached hydrogens (tertiary/aromatic N) is 4. The van der Waals surface area contributed by atoms with Gasteiger partial charge < -0.3 is 4.57 Å². The van der Waals surface area contributed by atoms with Gasteiger partial charge in [0, 0.05) is 30.3 Å². The molecule has 0 spiro atoms. The second-order valence-corrected chi connectivity index (χ2v) is 5.76. The van der Waals surface area contributed by atoms with Crippen LogP contribution in [0.5, 0.6) is 0 Å². The third-order valence-corrected chi connectivity index (χ3v) is 4.05. The smallest absolute Gasteiger partial charge is 0.303 e. The Kier molecular flexibility index (Phi) is 3.81. The van der Waals surface area contributed by atoms with Gasteiger partial charge in [-0.25, -0.2) is 4.98 Å². The van der Waals surface area contributed by atoms with E-state index in [4.69, 9.17) is 0 Å². The maximum Gasteiger partial charge on any atom is 0.320 e. The zero-order valence-electron chi connectivity index (χ0n) is 13.6. The summed E-state index contributed by atoms with van der Waals surface area (Å²) in [5.74, 6) is 0. The average molecular weight is 346 g/mol. The van der Waals surface area contributed by atoms with Crippen LogP contribution in [0.4, 0.5) is 0 Å². The third-order valence-electron chi connectivity index (χ3n) is 4.05. The van der Waals surface area contributed by atoms with Crippen LogP contribution in [-0.4, -0.2) is 18.5 Å². The van der Waals surface area contributed by atoms with Gasteiger partial charge in [0.25, 0.3) is 5.56 Å². The van der Waals surface area contributed by atoms with Crippen LogP contribution in [0.3, 0.4) is 0 Å². The van der Waals surface area contributed by atoms with E-state index in [2.05, 4.69) is 4.98 Å². The molecule has 0 atom stereocenters. The summed E-state index contributed by atoms with van der Waals surface area (Å²) in [5, 5.41) is 0. The van der Waals surface area contributed by atoms with Gasteiger partial charge in [0.15, 0.2) is 0 Å². The number of benzene rings is 1. The first-order chi connectivity index (χ1) is 12.6. The molecular formula is C19H14N4O3. The van der Waals surface area contributed by atoms with Crippen LogP contribution in [0.1, 0.15) is 5.69 Å². The molecule has 0 radical (unpaired) electrons.